The maximum absolute atomic E-state index is 11.5. The predicted molar refractivity (Wildman–Crippen MR) is 88.1 cm³/mol. The number of ether oxygens (including phenoxy) is 1. The van der Waals surface area contributed by atoms with Crippen LogP contribution in [-0.2, 0) is 17.3 Å². The number of benzene rings is 1. The summed E-state index contributed by atoms with van der Waals surface area (Å²) < 4.78 is 19.1. The Hall–Kier alpha value is -1.56. The molecule has 0 aliphatic carbocycles. The average molecular weight is 309 g/mol. The van der Waals surface area contributed by atoms with Gasteiger partial charge in [0.05, 0.1) is 12.1 Å². The third-order valence-electron chi connectivity index (χ3n) is 3.56. The van der Waals surface area contributed by atoms with E-state index in [-0.39, 0.29) is 5.25 Å². The lowest BCUT2D eigenvalue weighted by Gasteiger charge is -2.11. The number of nitrogens with two attached hydrogens (primary N) is 1. The van der Waals surface area contributed by atoms with Crippen LogP contribution in [0.25, 0.3) is 11.0 Å². The Balaban J connectivity index is 2.28. The minimum absolute atomic E-state index is 0.140. The van der Waals surface area contributed by atoms with Gasteiger partial charge in [-0.15, -0.1) is 0 Å². The Morgan fingerprint density at radius 1 is 1.48 bits per heavy atom. The van der Waals surface area contributed by atoms with E-state index < -0.39 is 10.8 Å². The van der Waals surface area contributed by atoms with Crippen molar-refractivity contribution in [3.63, 3.8) is 0 Å². The largest absolute Gasteiger partial charge is 0.491 e. The molecule has 1 heterocycles. The summed E-state index contributed by atoms with van der Waals surface area (Å²) in [7, 11) is -0.820. The highest BCUT2D eigenvalue weighted by molar-refractivity contribution is 7.84. The minimum Gasteiger partial charge on any atom is -0.491 e. The van der Waals surface area contributed by atoms with Crippen LogP contribution in [0.1, 0.15) is 26.7 Å². The molecule has 2 N–H and O–H groups in total. The third-order valence-corrected chi connectivity index (χ3v) is 4.93. The van der Waals surface area contributed by atoms with Crippen molar-refractivity contribution in [2.45, 2.75) is 38.5 Å². The van der Waals surface area contributed by atoms with Gasteiger partial charge in [-0.05, 0) is 25.0 Å². The van der Waals surface area contributed by atoms with Crippen molar-refractivity contribution in [2.75, 3.05) is 18.6 Å². The lowest BCUT2D eigenvalue weighted by molar-refractivity contribution is 0.320. The molecule has 116 valence electrons. The molecule has 2 unspecified atom stereocenters. The van der Waals surface area contributed by atoms with Crippen molar-refractivity contribution >= 4 is 27.8 Å². The second kappa shape index (κ2) is 6.93. The molecule has 6 heteroatoms. The van der Waals surface area contributed by atoms with E-state index in [1.807, 2.05) is 29.7 Å². The number of fused-ring (bicyclic) bond motifs is 1. The number of aromatic nitrogens is 2. The number of imidazole rings is 1. The van der Waals surface area contributed by atoms with E-state index in [2.05, 4.69) is 11.9 Å². The van der Waals surface area contributed by atoms with Crippen molar-refractivity contribution < 1.29 is 8.95 Å². The standard InChI is InChI=1S/C15H23N3O2S/c1-4-10-20-13-7-5-6-12-14(13)17-15(16)18(12)9-8-11(2)21(3)19/h5-7,11H,4,8-10H2,1-3H3,(H2,16,17). The lowest BCUT2D eigenvalue weighted by atomic mass is 10.2. The lowest BCUT2D eigenvalue weighted by Crippen LogP contribution is -2.13. The third kappa shape index (κ3) is 3.56. The molecule has 0 fully saturated rings. The maximum atomic E-state index is 11.5. The van der Waals surface area contributed by atoms with Crippen LogP contribution in [0.4, 0.5) is 5.95 Å². The van der Waals surface area contributed by atoms with Gasteiger partial charge in [0, 0.05) is 28.9 Å². The molecule has 2 aromatic rings. The van der Waals surface area contributed by atoms with Crippen molar-refractivity contribution in [1.29, 1.82) is 0 Å². The van der Waals surface area contributed by atoms with E-state index in [1.54, 1.807) is 6.26 Å². The highest BCUT2D eigenvalue weighted by Crippen LogP contribution is 2.27. The number of para-hydroxylation sites is 1. The fourth-order valence-corrected chi connectivity index (χ4v) is 2.62. The predicted octanol–water partition coefficient (Wildman–Crippen LogP) is 2.56. The van der Waals surface area contributed by atoms with Crippen LogP contribution in [0.2, 0.25) is 0 Å². The van der Waals surface area contributed by atoms with E-state index >= 15 is 0 Å². The molecule has 21 heavy (non-hydrogen) atoms. The maximum Gasteiger partial charge on any atom is 0.201 e. The van der Waals surface area contributed by atoms with Crippen LogP contribution in [0, 0.1) is 0 Å². The molecule has 0 saturated heterocycles. The van der Waals surface area contributed by atoms with Gasteiger partial charge in [0.1, 0.15) is 11.3 Å². The minimum atomic E-state index is -0.820. The van der Waals surface area contributed by atoms with E-state index in [9.17, 15) is 4.21 Å². The molecule has 0 aliphatic rings. The van der Waals surface area contributed by atoms with Crippen LogP contribution in [-0.4, -0.2) is 31.9 Å². The van der Waals surface area contributed by atoms with Gasteiger partial charge in [-0.2, -0.15) is 0 Å². The molecule has 5 nitrogen and oxygen atoms in total. The van der Waals surface area contributed by atoms with Crippen LogP contribution in [0.5, 0.6) is 5.75 Å². The smallest absolute Gasteiger partial charge is 0.201 e. The number of hydrogen-bond donors (Lipinski definition) is 1. The Bertz CT molecular complexity index is 639. The summed E-state index contributed by atoms with van der Waals surface area (Å²) >= 11 is 0. The molecule has 2 atom stereocenters. The first-order valence-electron chi connectivity index (χ1n) is 7.24. The highest BCUT2D eigenvalue weighted by atomic mass is 32.2. The van der Waals surface area contributed by atoms with Crippen LogP contribution in [0.3, 0.4) is 0 Å². The molecule has 1 aromatic heterocycles. The molecular weight excluding hydrogens is 286 g/mol. The number of nitrogen functional groups attached to an aromatic ring is 1. The van der Waals surface area contributed by atoms with Gasteiger partial charge in [-0.1, -0.05) is 19.9 Å². The Morgan fingerprint density at radius 3 is 2.90 bits per heavy atom. The zero-order valence-corrected chi connectivity index (χ0v) is 13.7. The van der Waals surface area contributed by atoms with E-state index in [0.717, 1.165) is 29.6 Å². The molecule has 0 bridgehead atoms. The van der Waals surface area contributed by atoms with Gasteiger partial charge < -0.3 is 15.0 Å². The Labute approximate surface area is 127 Å². The van der Waals surface area contributed by atoms with Crippen LogP contribution >= 0.6 is 0 Å². The van der Waals surface area contributed by atoms with Crippen molar-refractivity contribution in [3.05, 3.63) is 18.2 Å². The fraction of sp³-hybridized carbons (Fsp3) is 0.533. The van der Waals surface area contributed by atoms with Crippen molar-refractivity contribution in [2.24, 2.45) is 0 Å². The number of anilines is 1. The Morgan fingerprint density at radius 2 is 2.24 bits per heavy atom. The monoisotopic (exact) mass is 309 g/mol. The van der Waals surface area contributed by atoms with Crippen LogP contribution < -0.4 is 10.5 Å². The van der Waals surface area contributed by atoms with Gasteiger partial charge in [0.15, 0.2) is 0 Å². The van der Waals surface area contributed by atoms with Gasteiger partial charge in [-0.25, -0.2) is 4.98 Å². The van der Waals surface area contributed by atoms with E-state index in [4.69, 9.17) is 10.5 Å². The first-order chi connectivity index (χ1) is 10.0. The van der Waals surface area contributed by atoms with Crippen molar-refractivity contribution in [1.82, 2.24) is 9.55 Å². The number of nitrogens with zero attached hydrogens (tertiary/aromatic N) is 2. The molecule has 0 spiro atoms. The number of rotatable bonds is 7. The summed E-state index contributed by atoms with van der Waals surface area (Å²) in [5, 5.41) is 0.140. The fourth-order valence-electron chi connectivity index (χ4n) is 2.18. The second-order valence-corrected chi connectivity index (χ2v) is 6.99. The molecule has 0 amide bonds. The van der Waals surface area contributed by atoms with Crippen molar-refractivity contribution in [3.8, 4) is 5.75 Å². The van der Waals surface area contributed by atoms with Gasteiger partial charge in [0.25, 0.3) is 0 Å². The van der Waals surface area contributed by atoms with E-state index in [1.165, 1.54) is 0 Å². The number of hydrogen-bond acceptors (Lipinski definition) is 4. The average Bonchev–Trinajstić information content (AvgIpc) is 2.78. The zero-order chi connectivity index (χ0) is 15.4. The second-order valence-electron chi connectivity index (χ2n) is 5.19. The SMILES string of the molecule is CCCOc1cccc2c1nc(N)n2CCC(C)S(C)=O. The summed E-state index contributed by atoms with van der Waals surface area (Å²) in [5.74, 6) is 1.25. The highest BCUT2D eigenvalue weighted by Gasteiger charge is 2.14. The number of aryl methyl sites for hydroxylation is 1. The summed E-state index contributed by atoms with van der Waals surface area (Å²) in [4.78, 5) is 4.43. The summed E-state index contributed by atoms with van der Waals surface area (Å²) in [5.41, 5.74) is 7.80. The molecule has 0 radical (unpaired) electrons. The normalized spacial score (nSPS) is 14.2. The van der Waals surface area contributed by atoms with Crippen LogP contribution in [0.15, 0.2) is 18.2 Å². The molecule has 0 aliphatic heterocycles. The summed E-state index contributed by atoms with van der Waals surface area (Å²) in [6, 6.07) is 5.86. The molecule has 2 rings (SSSR count). The first kappa shape index (κ1) is 15.8. The summed E-state index contributed by atoms with van der Waals surface area (Å²) in [6.07, 6.45) is 3.49. The van der Waals surface area contributed by atoms with Gasteiger partial charge in [-0.3, -0.25) is 4.21 Å². The summed E-state index contributed by atoms with van der Waals surface area (Å²) in [6.45, 7) is 5.43. The molecular formula is C15H23N3O2S. The molecule has 1 aromatic carbocycles. The first-order valence-corrected chi connectivity index (χ1v) is 8.86. The van der Waals surface area contributed by atoms with E-state index in [0.29, 0.717) is 19.1 Å². The Kier molecular flexibility index (Phi) is 5.22. The quantitative estimate of drug-likeness (QED) is 0.853. The van der Waals surface area contributed by atoms with Gasteiger partial charge in [0.2, 0.25) is 5.95 Å². The zero-order valence-electron chi connectivity index (χ0n) is 12.8. The van der Waals surface area contributed by atoms with Gasteiger partial charge >= 0.3 is 0 Å². The molecule has 0 saturated carbocycles. The topological polar surface area (TPSA) is 70.1 Å².